The second-order valence-corrected chi connectivity index (χ2v) is 15.4. The van der Waals surface area contributed by atoms with E-state index in [1.807, 2.05) is 65.8 Å². The van der Waals surface area contributed by atoms with E-state index < -0.39 is 47.2 Å². The maximum atomic E-state index is 13.5. The number of nitrogens with zero attached hydrogens (tertiary/aromatic N) is 2. The van der Waals surface area contributed by atoms with Gasteiger partial charge in [-0.25, -0.2) is 9.59 Å². The Balaban J connectivity index is 1.37. The van der Waals surface area contributed by atoms with Gasteiger partial charge >= 0.3 is 12.2 Å². The lowest BCUT2D eigenvalue weighted by Gasteiger charge is -2.35. The van der Waals surface area contributed by atoms with Crippen LogP contribution < -0.4 is 21.3 Å². The summed E-state index contributed by atoms with van der Waals surface area (Å²) in [7, 11) is 2.47. The molecule has 0 radical (unpaired) electrons. The summed E-state index contributed by atoms with van der Waals surface area (Å²) in [6.07, 6.45) is 0.923. The van der Waals surface area contributed by atoms with Gasteiger partial charge in [-0.1, -0.05) is 65.8 Å². The zero-order valence-corrected chi connectivity index (χ0v) is 31.3. The average Bonchev–Trinajstić information content (AvgIpc) is 3.80. The summed E-state index contributed by atoms with van der Waals surface area (Å²) in [5.41, 5.74) is 1.71. The van der Waals surface area contributed by atoms with Crippen molar-refractivity contribution in [3.05, 3.63) is 48.5 Å². The topological polar surface area (TPSA) is 175 Å². The molecule has 2 saturated heterocycles. The molecule has 14 heteroatoms. The van der Waals surface area contributed by atoms with Crippen LogP contribution in [0.5, 0.6) is 0 Å². The van der Waals surface area contributed by atoms with Crippen molar-refractivity contribution in [2.45, 2.75) is 91.4 Å². The van der Waals surface area contributed by atoms with E-state index in [4.69, 9.17) is 9.47 Å². The van der Waals surface area contributed by atoms with E-state index in [0.29, 0.717) is 50.1 Å². The smallest absolute Gasteiger partial charge is 0.407 e. The minimum absolute atomic E-state index is 0.305. The van der Waals surface area contributed by atoms with Crippen LogP contribution >= 0.6 is 0 Å². The zero-order chi connectivity index (χ0) is 38.4. The van der Waals surface area contributed by atoms with Gasteiger partial charge < -0.3 is 40.5 Å². The minimum Gasteiger partial charge on any atom is -0.453 e. The Hall–Kier alpha value is -5.14. The number of carbonyl (C=O) groups is 6. The molecule has 282 valence electrons. The van der Waals surface area contributed by atoms with Crippen molar-refractivity contribution in [3.63, 3.8) is 0 Å². The minimum atomic E-state index is -0.864. The third kappa shape index (κ3) is 9.59. The molecule has 2 aliphatic heterocycles. The second kappa shape index (κ2) is 16.5. The highest BCUT2D eigenvalue weighted by molar-refractivity contribution is 6.00. The van der Waals surface area contributed by atoms with Gasteiger partial charge in [0.05, 0.1) is 14.2 Å². The summed E-state index contributed by atoms with van der Waals surface area (Å²) in [4.78, 5) is 80.7. The number of likely N-dealkylation sites (tertiary alicyclic amines) is 2. The van der Waals surface area contributed by atoms with Gasteiger partial charge in [0.25, 0.3) is 0 Å². The highest BCUT2D eigenvalue weighted by Gasteiger charge is 2.43. The number of methoxy groups -OCH3 is 2. The van der Waals surface area contributed by atoms with Gasteiger partial charge in [0.1, 0.15) is 24.2 Å². The lowest BCUT2D eigenvalue weighted by molar-refractivity contribution is -0.140. The van der Waals surface area contributed by atoms with Crippen LogP contribution in [-0.2, 0) is 28.7 Å². The van der Waals surface area contributed by atoms with Gasteiger partial charge in [-0.3, -0.25) is 19.2 Å². The highest BCUT2D eigenvalue weighted by atomic mass is 16.5. The normalized spacial score (nSPS) is 18.5. The summed E-state index contributed by atoms with van der Waals surface area (Å²) >= 11 is 0. The molecule has 0 unspecified atom stereocenters. The number of ether oxygens (including phenoxy) is 2. The third-order valence-corrected chi connectivity index (χ3v) is 9.44. The summed E-state index contributed by atoms with van der Waals surface area (Å²) in [6.45, 7) is 11.9. The van der Waals surface area contributed by atoms with E-state index in [0.717, 1.165) is 11.1 Å². The molecule has 0 spiro atoms. The molecule has 4 rings (SSSR count). The van der Waals surface area contributed by atoms with Crippen LogP contribution in [0, 0.1) is 10.8 Å². The second-order valence-electron chi connectivity index (χ2n) is 15.4. The molecule has 2 aliphatic rings. The first-order valence-electron chi connectivity index (χ1n) is 17.6. The molecule has 52 heavy (non-hydrogen) atoms. The number of hydrogen-bond acceptors (Lipinski definition) is 8. The fourth-order valence-electron chi connectivity index (χ4n) is 6.53. The van der Waals surface area contributed by atoms with Crippen LogP contribution in [-0.4, -0.2) is 97.1 Å². The molecule has 2 fully saturated rings. The molecular weight excluding hydrogens is 668 g/mol. The van der Waals surface area contributed by atoms with E-state index in [2.05, 4.69) is 21.3 Å². The number of nitrogens with one attached hydrogen (secondary N) is 4. The number of hydrogen-bond donors (Lipinski definition) is 4. The van der Waals surface area contributed by atoms with Gasteiger partial charge in [0.2, 0.25) is 23.6 Å². The first-order valence-corrected chi connectivity index (χ1v) is 17.6. The number of carbonyl (C=O) groups excluding carboxylic acids is 6. The molecule has 2 aromatic carbocycles. The molecule has 0 aromatic heterocycles. The highest BCUT2D eigenvalue weighted by Crippen LogP contribution is 2.29. The van der Waals surface area contributed by atoms with E-state index in [1.165, 1.54) is 24.0 Å². The fourth-order valence-corrected chi connectivity index (χ4v) is 6.53. The zero-order valence-electron chi connectivity index (χ0n) is 31.3. The van der Waals surface area contributed by atoms with Crippen LogP contribution in [0.1, 0.15) is 67.2 Å². The number of benzene rings is 2. The van der Waals surface area contributed by atoms with Crippen LogP contribution in [0.3, 0.4) is 0 Å². The average molecular weight is 721 g/mol. The number of anilines is 2. The Morgan fingerprint density at radius 1 is 0.596 bits per heavy atom. The Morgan fingerprint density at radius 2 is 0.923 bits per heavy atom. The monoisotopic (exact) mass is 720 g/mol. The summed E-state index contributed by atoms with van der Waals surface area (Å²) in [5, 5.41) is 11.1. The van der Waals surface area contributed by atoms with Crippen LogP contribution in [0.2, 0.25) is 0 Å². The summed E-state index contributed by atoms with van der Waals surface area (Å²) < 4.78 is 9.44. The number of rotatable bonds is 9. The predicted octanol–water partition coefficient (Wildman–Crippen LogP) is 4.75. The molecule has 2 heterocycles. The van der Waals surface area contributed by atoms with E-state index in [9.17, 15) is 28.8 Å². The molecule has 2 aromatic rings. The van der Waals surface area contributed by atoms with Crippen molar-refractivity contribution in [1.29, 1.82) is 0 Å². The standard InChI is InChI=1S/C38H52N6O8/c1-37(2,3)29(41-35(49)51-7)33(47)43-21-9-11-27(43)31(45)39-25-17-13-23(14-18-25)24-15-19-26(20-16-24)40-32(46)28-12-10-22-44(28)34(48)30(38(4,5)6)42-36(50)52-8/h13-20,27-30H,9-12,21-22H2,1-8H3,(H,39,45)(H,40,46)(H,41,49)(H,42,50)/t27-,28-,29+,30+/m0/s1. The first kappa shape index (κ1) is 39.6. The fraction of sp³-hybridized carbons (Fsp3) is 0.526. The maximum Gasteiger partial charge on any atom is 0.407 e. The van der Waals surface area contributed by atoms with Crippen molar-refractivity contribution >= 4 is 47.2 Å². The van der Waals surface area contributed by atoms with Gasteiger partial charge in [0.15, 0.2) is 0 Å². The maximum absolute atomic E-state index is 13.5. The van der Waals surface area contributed by atoms with Crippen molar-refractivity contribution in [2.24, 2.45) is 10.8 Å². The van der Waals surface area contributed by atoms with E-state index in [-0.39, 0.29) is 23.6 Å². The van der Waals surface area contributed by atoms with Gasteiger partial charge in [0, 0.05) is 24.5 Å². The quantitative estimate of drug-likeness (QED) is 0.287. The van der Waals surface area contributed by atoms with E-state index >= 15 is 0 Å². The predicted molar refractivity (Wildman–Crippen MR) is 196 cm³/mol. The lowest BCUT2D eigenvalue weighted by atomic mass is 9.85. The number of alkyl carbamates (subject to hydrolysis) is 2. The molecule has 0 bridgehead atoms. The third-order valence-electron chi connectivity index (χ3n) is 9.44. The largest absolute Gasteiger partial charge is 0.453 e. The van der Waals surface area contributed by atoms with Gasteiger partial charge in [-0.15, -0.1) is 0 Å². The molecule has 14 nitrogen and oxygen atoms in total. The van der Waals surface area contributed by atoms with Gasteiger partial charge in [-0.05, 0) is 71.9 Å². The number of amides is 6. The Kier molecular flexibility index (Phi) is 12.6. The molecule has 4 atom stereocenters. The molecule has 0 saturated carbocycles. The van der Waals surface area contributed by atoms with Crippen LogP contribution in [0.25, 0.3) is 11.1 Å². The Morgan fingerprint density at radius 3 is 1.21 bits per heavy atom. The van der Waals surface area contributed by atoms with Gasteiger partial charge in [-0.2, -0.15) is 0 Å². The van der Waals surface area contributed by atoms with Crippen molar-refractivity contribution in [2.75, 3.05) is 37.9 Å². The van der Waals surface area contributed by atoms with Crippen molar-refractivity contribution in [1.82, 2.24) is 20.4 Å². The SMILES string of the molecule is COC(=O)N[C@H](C(=O)N1CCC[C@H]1C(=O)Nc1ccc(-c2ccc(NC(=O)[C@@H]3CCCN3C(=O)[C@@H](NC(=O)OC)C(C)(C)C)cc2)cc1)C(C)(C)C. The van der Waals surface area contributed by atoms with E-state index in [1.54, 1.807) is 24.3 Å². The van der Waals surface area contributed by atoms with Crippen molar-refractivity contribution in [3.8, 4) is 11.1 Å². The molecule has 6 amide bonds. The van der Waals surface area contributed by atoms with Crippen molar-refractivity contribution < 1.29 is 38.2 Å². The lowest BCUT2D eigenvalue weighted by Crippen LogP contribution is -2.57. The first-order chi connectivity index (χ1) is 24.4. The molecular formula is C38H52N6O8. The molecule has 0 aliphatic carbocycles. The van der Waals surface area contributed by atoms with Crippen LogP contribution in [0.15, 0.2) is 48.5 Å². The van der Waals surface area contributed by atoms with Crippen LogP contribution in [0.4, 0.5) is 21.0 Å². The Labute approximate surface area is 305 Å². The summed E-state index contributed by atoms with van der Waals surface area (Å²) in [6, 6.07) is 11.5. The molecule has 4 N–H and O–H groups in total. The Bertz CT molecular complexity index is 1510. The summed E-state index contributed by atoms with van der Waals surface area (Å²) in [5.74, 6) is -1.27.